The highest BCUT2D eigenvalue weighted by Crippen LogP contribution is 2.38. The molecule has 1 saturated heterocycles. The Kier molecular flexibility index (Phi) is 6.24. The van der Waals surface area contributed by atoms with Gasteiger partial charge >= 0.3 is 0 Å². The number of halogens is 1. The number of carbonyl (C=O) groups excluding carboxylic acids is 1. The van der Waals surface area contributed by atoms with Gasteiger partial charge in [-0.2, -0.15) is 0 Å². The number of amides is 1. The number of anilines is 1. The number of hydrogen-bond acceptors (Lipinski definition) is 6. The molecule has 0 aliphatic carbocycles. The number of likely N-dealkylation sites (N-methyl/N-ethyl adjacent to an activating group) is 1. The summed E-state index contributed by atoms with van der Waals surface area (Å²) in [7, 11) is 3.63. The van der Waals surface area contributed by atoms with E-state index < -0.39 is 0 Å². The Morgan fingerprint density at radius 1 is 1.54 bits per heavy atom. The minimum Gasteiger partial charge on any atom is -0.492 e. The monoisotopic (exact) mass is 382 g/mol. The minimum absolute atomic E-state index is 0.0493. The van der Waals surface area contributed by atoms with Gasteiger partial charge in [0.05, 0.1) is 35.0 Å². The van der Waals surface area contributed by atoms with Gasteiger partial charge < -0.3 is 25.8 Å². The molecule has 26 heavy (non-hydrogen) atoms. The standard InChI is InChI=1S/C18H27ClN4O3/c1-21-5-7-23-6-3-14(15(10-23)25-2)22-18(24)12-9-13(19)16(20)11-4-8-26-17(11)12/h9,14-15,21H,3-8,10,20H2,1-2H3,(H,22,24)/t14-,15+/m0/s1. The number of hydrogen-bond donors (Lipinski definition) is 3. The zero-order chi connectivity index (χ0) is 18.7. The molecule has 0 spiro atoms. The lowest BCUT2D eigenvalue weighted by Crippen LogP contribution is -2.55. The molecular formula is C18H27ClN4O3. The summed E-state index contributed by atoms with van der Waals surface area (Å²) in [5, 5.41) is 6.65. The van der Waals surface area contributed by atoms with Gasteiger partial charge in [-0.3, -0.25) is 9.69 Å². The normalized spacial score (nSPS) is 22.7. The lowest BCUT2D eigenvalue weighted by atomic mass is 10.00. The number of nitrogen functional groups attached to an aromatic ring is 1. The molecule has 7 nitrogen and oxygen atoms in total. The van der Waals surface area contributed by atoms with Crippen LogP contribution in [0.15, 0.2) is 6.07 Å². The molecule has 1 aromatic carbocycles. The summed E-state index contributed by atoms with van der Waals surface area (Å²) in [6.45, 7) is 4.13. The molecule has 4 N–H and O–H groups in total. The van der Waals surface area contributed by atoms with Crippen LogP contribution in [0.4, 0.5) is 5.69 Å². The fraction of sp³-hybridized carbons (Fsp3) is 0.611. The first-order valence-electron chi connectivity index (χ1n) is 8.99. The van der Waals surface area contributed by atoms with Crippen LogP contribution in [0.5, 0.6) is 5.75 Å². The summed E-state index contributed by atoms with van der Waals surface area (Å²) >= 11 is 6.21. The van der Waals surface area contributed by atoms with Crippen molar-refractivity contribution < 1.29 is 14.3 Å². The van der Waals surface area contributed by atoms with E-state index in [1.165, 1.54) is 0 Å². The van der Waals surface area contributed by atoms with Gasteiger partial charge in [0.2, 0.25) is 0 Å². The Morgan fingerprint density at radius 3 is 3.08 bits per heavy atom. The smallest absolute Gasteiger partial charge is 0.255 e. The molecule has 144 valence electrons. The molecule has 2 heterocycles. The molecule has 2 atom stereocenters. The van der Waals surface area contributed by atoms with Crippen LogP contribution in [0.3, 0.4) is 0 Å². The minimum atomic E-state index is -0.194. The SMILES string of the molecule is CNCCN1CC[C@H](NC(=O)c2cc(Cl)c(N)c3c2OCC3)[C@H](OC)C1. The number of carbonyl (C=O) groups is 1. The zero-order valence-corrected chi connectivity index (χ0v) is 16.1. The predicted molar refractivity (Wildman–Crippen MR) is 102 cm³/mol. The highest BCUT2D eigenvalue weighted by atomic mass is 35.5. The van der Waals surface area contributed by atoms with Crippen LogP contribution in [0, 0.1) is 0 Å². The van der Waals surface area contributed by atoms with Crippen molar-refractivity contribution in [2.45, 2.75) is 25.0 Å². The Bertz CT molecular complexity index is 670. The van der Waals surface area contributed by atoms with Crippen LogP contribution in [-0.2, 0) is 11.2 Å². The first-order chi connectivity index (χ1) is 12.5. The summed E-state index contributed by atoms with van der Waals surface area (Å²) in [4.78, 5) is 15.2. The van der Waals surface area contributed by atoms with Gasteiger partial charge in [0.25, 0.3) is 5.91 Å². The molecule has 0 aromatic heterocycles. The number of nitrogens with one attached hydrogen (secondary N) is 2. The van der Waals surface area contributed by atoms with E-state index in [-0.39, 0.29) is 18.1 Å². The molecule has 2 aliphatic heterocycles. The van der Waals surface area contributed by atoms with Crippen LogP contribution >= 0.6 is 11.6 Å². The number of ether oxygens (including phenoxy) is 2. The lowest BCUT2D eigenvalue weighted by Gasteiger charge is -2.38. The maximum absolute atomic E-state index is 12.9. The lowest BCUT2D eigenvalue weighted by molar-refractivity contribution is 0.00691. The second kappa shape index (κ2) is 8.43. The van der Waals surface area contributed by atoms with Gasteiger partial charge in [-0.05, 0) is 19.5 Å². The topological polar surface area (TPSA) is 88.9 Å². The molecule has 1 fully saturated rings. The van der Waals surface area contributed by atoms with Gasteiger partial charge in [-0.25, -0.2) is 0 Å². The number of fused-ring (bicyclic) bond motifs is 1. The van der Waals surface area contributed by atoms with E-state index in [9.17, 15) is 4.79 Å². The average Bonchev–Trinajstić information content (AvgIpc) is 3.13. The van der Waals surface area contributed by atoms with E-state index in [1.54, 1.807) is 13.2 Å². The first kappa shape index (κ1) is 19.2. The summed E-state index contributed by atoms with van der Waals surface area (Å²) in [5.74, 6) is 0.366. The quantitative estimate of drug-likeness (QED) is 0.633. The molecule has 2 aliphatic rings. The first-order valence-corrected chi connectivity index (χ1v) is 9.37. The number of benzene rings is 1. The molecule has 0 radical (unpaired) electrons. The second-order valence-electron chi connectivity index (χ2n) is 6.77. The van der Waals surface area contributed by atoms with Crippen molar-refractivity contribution in [2.75, 3.05) is 52.7 Å². The maximum Gasteiger partial charge on any atom is 0.255 e. The molecular weight excluding hydrogens is 356 g/mol. The molecule has 0 bridgehead atoms. The predicted octanol–water partition coefficient (Wildman–Crippen LogP) is 0.896. The van der Waals surface area contributed by atoms with Crippen molar-refractivity contribution in [1.82, 2.24) is 15.5 Å². The van der Waals surface area contributed by atoms with Crippen LogP contribution in [0.25, 0.3) is 0 Å². The van der Waals surface area contributed by atoms with E-state index >= 15 is 0 Å². The summed E-state index contributed by atoms with van der Waals surface area (Å²) in [5.41, 5.74) is 7.79. The summed E-state index contributed by atoms with van der Waals surface area (Å²) in [6.07, 6.45) is 1.45. The highest BCUT2D eigenvalue weighted by molar-refractivity contribution is 6.33. The van der Waals surface area contributed by atoms with Crippen molar-refractivity contribution in [3.05, 3.63) is 22.2 Å². The van der Waals surface area contributed by atoms with Crippen LogP contribution in [-0.4, -0.2) is 69.9 Å². The fourth-order valence-corrected chi connectivity index (χ4v) is 3.86. The van der Waals surface area contributed by atoms with Gasteiger partial charge in [-0.15, -0.1) is 0 Å². The van der Waals surface area contributed by atoms with Gasteiger partial charge in [0.15, 0.2) is 0 Å². The molecule has 3 rings (SSSR count). The van der Waals surface area contributed by atoms with Crippen LogP contribution in [0.1, 0.15) is 22.3 Å². The number of likely N-dealkylation sites (tertiary alicyclic amines) is 1. The zero-order valence-electron chi connectivity index (χ0n) is 15.3. The highest BCUT2D eigenvalue weighted by Gasteiger charge is 2.32. The van der Waals surface area contributed by atoms with Crippen molar-refractivity contribution in [3.63, 3.8) is 0 Å². The Labute approximate surface area is 159 Å². The largest absolute Gasteiger partial charge is 0.492 e. The number of rotatable bonds is 6. The third-order valence-corrected chi connectivity index (χ3v) is 5.47. The number of piperidine rings is 1. The van der Waals surface area contributed by atoms with Gasteiger partial charge in [0, 0.05) is 45.3 Å². The Morgan fingerprint density at radius 2 is 2.35 bits per heavy atom. The van der Waals surface area contributed by atoms with Gasteiger partial charge in [-0.1, -0.05) is 11.6 Å². The van der Waals surface area contributed by atoms with E-state index in [0.29, 0.717) is 35.1 Å². The molecule has 1 amide bonds. The van der Waals surface area contributed by atoms with E-state index in [4.69, 9.17) is 26.8 Å². The van der Waals surface area contributed by atoms with Crippen molar-refractivity contribution in [3.8, 4) is 5.75 Å². The maximum atomic E-state index is 12.9. The number of nitrogens with zero attached hydrogens (tertiary/aromatic N) is 1. The fourth-order valence-electron chi connectivity index (χ4n) is 3.64. The number of nitrogens with two attached hydrogens (primary N) is 1. The molecule has 8 heteroatoms. The molecule has 0 saturated carbocycles. The second-order valence-corrected chi connectivity index (χ2v) is 7.18. The van der Waals surface area contributed by atoms with Crippen LogP contribution < -0.4 is 21.1 Å². The van der Waals surface area contributed by atoms with Crippen LogP contribution in [0.2, 0.25) is 5.02 Å². The van der Waals surface area contributed by atoms with Gasteiger partial charge in [0.1, 0.15) is 5.75 Å². The molecule has 1 aromatic rings. The third kappa shape index (κ3) is 3.91. The van der Waals surface area contributed by atoms with Crippen molar-refractivity contribution >= 4 is 23.2 Å². The summed E-state index contributed by atoms with van der Waals surface area (Å²) in [6, 6.07) is 1.55. The van der Waals surface area contributed by atoms with Crippen molar-refractivity contribution in [2.24, 2.45) is 0 Å². The Balaban J connectivity index is 1.70. The third-order valence-electron chi connectivity index (χ3n) is 5.16. The van der Waals surface area contributed by atoms with E-state index in [2.05, 4.69) is 15.5 Å². The van der Waals surface area contributed by atoms with E-state index in [0.717, 1.165) is 38.2 Å². The van der Waals surface area contributed by atoms with E-state index in [1.807, 2.05) is 7.05 Å². The Hall–Kier alpha value is -1.54. The number of methoxy groups -OCH3 is 1. The summed E-state index contributed by atoms with van der Waals surface area (Å²) < 4.78 is 11.3. The molecule has 0 unspecified atom stereocenters. The average molecular weight is 383 g/mol. The van der Waals surface area contributed by atoms with Crippen molar-refractivity contribution in [1.29, 1.82) is 0 Å².